The van der Waals surface area contributed by atoms with E-state index in [1.807, 2.05) is 71.6 Å². The van der Waals surface area contributed by atoms with Gasteiger partial charge in [-0.25, -0.2) is 0 Å². The summed E-state index contributed by atoms with van der Waals surface area (Å²) in [4.78, 5) is 27.0. The molecule has 0 saturated heterocycles. The third kappa shape index (κ3) is 5.60. The van der Waals surface area contributed by atoms with Gasteiger partial charge in [0.1, 0.15) is 0 Å². The number of hydrogen-bond donors (Lipinski definition) is 2. The summed E-state index contributed by atoms with van der Waals surface area (Å²) in [5.74, 6) is -0.108. The second kappa shape index (κ2) is 10.4. The first-order chi connectivity index (χ1) is 14.6. The predicted molar refractivity (Wildman–Crippen MR) is 124 cm³/mol. The monoisotopic (exact) mass is 403 g/mol. The van der Waals surface area contributed by atoms with Gasteiger partial charge in [0.2, 0.25) is 5.91 Å². The van der Waals surface area contributed by atoms with Crippen molar-refractivity contribution in [1.29, 1.82) is 0 Å². The lowest BCUT2D eigenvalue weighted by Gasteiger charge is -2.21. The first-order valence-electron chi connectivity index (χ1n) is 10.5. The molecule has 0 radical (unpaired) electrons. The van der Waals surface area contributed by atoms with Gasteiger partial charge >= 0.3 is 0 Å². The van der Waals surface area contributed by atoms with E-state index in [-0.39, 0.29) is 18.4 Å². The van der Waals surface area contributed by atoms with Crippen molar-refractivity contribution in [2.75, 3.05) is 30.3 Å². The lowest BCUT2D eigenvalue weighted by Crippen LogP contribution is -2.32. The Morgan fingerprint density at radius 2 is 1.53 bits per heavy atom. The van der Waals surface area contributed by atoms with E-state index in [2.05, 4.69) is 24.5 Å². The minimum absolute atomic E-state index is 0.0305. The van der Waals surface area contributed by atoms with E-state index in [0.717, 1.165) is 48.1 Å². The van der Waals surface area contributed by atoms with Crippen LogP contribution in [0.4, 0.5) is 11.4 Å². The Balaban J connectivity index is 1.60. The Bertz CT molecular complexity index is 1010. The summed E-state index contributed by atoms with van der Waals surface area (Å²) in [6.45, 7) is 5.76. The van der Waals surface area contributed by atoms with Gasteiger partial charge in [-0.05, 0) is 53.9 Å². The summed E-state index contributed by atoms with van der Waals surface area (Å²) < 4.78 is 0. The molecule has 2 N–H and O–H groups in total. The van der Waals surface area contributed by atoms with E-state index in [1.54, 1.807) is 0 Å². The highest BCUT2D eigenvalue weighted by Gasteiger charge is 2.14. The molecule has 0 spiro atoms. The molecular formula is C25H29N3O2. The van der Waals surface area contributed by atoms with Crippen LogP contribution in [0.2, 0.25) is 0 Å². The molecule has 0 aromatic heterocycles. The first-order valence-corrected chi connectivity index (χ1v) is 10.5. The Labute approximate surface area is 178 Å². The molecule has 0 atom stereocenters. The van der Waals surface area contributed by atoms with Crippen molar-refractivity contribution in [1.82, 2.24) is 4.90 Å². The Hall–Kier alpha value is -3.34. The Morgan fingerprint density at radius 1 is 0.800 bits per heavy atom. The number of nitrogens with zero attached hydrogens (tertiary/aromatic N) is 1. The number of rotatable bonds is 9. The van der Waals surface area contributed by atoms with E-state index in [0.29, 0.717) is 5.56 Å². The number of hydrogen-bond acceptors (Lipinski definition) is 3. The van der Waals surface area contributed by atoms with Crippen LogP contribution in [-0.2, 0) is 4.79 Å². The molecular weight excluding hydrogens is 374 g/mol. The number of nitrogens with one attached hydrogen (secondary N) is 2. The highest BCUT2D eigenvalue weighted by Crippen LogP contribution is 2.19. The summed E-state index contributed by atoms with van der Waals surface area (Å²) in [5, 5.41) is 8.25. The van der Waals surface area contributed by atoms with Gasteiger partial charge in [-0.3, -0.25) is 9.59 Å². The van der Waals surface area contributed by atoms with Gasteiger partial charge in [-0.15, -0.1) is 0 Å². The van der Waals surface area contributed by atoms with Crippen LogP contribution in [0.15, 0.2) is 66.7 Å². The molecule has 0 heterocycles. The molecule has 0 aliphatic rings. The van der Waals surface area contributed by atoms with Crippen LogP contribution in [0.25, 0.3) is 10.8 Å². The lowest BCUT2D eigenvalue weighted by molar-refractivity contribution is -0.114. The lowest BCUT2D eigenvalue weighted by atomic mass is 10.1. The number of carbonyl (C=O) groups excluding carboxylic acids is 2. The number of fused-ring (bicyclic) bond motifs is 1. The Morgan fingerprint density at radius 3 is 2.27 bits per heavy atom. The van der Waals surface area contributed by atoms with E-state index < -0.39 is 0 Å². The molecule has 0 aliphatic heterocycles. The summed E-state index contributed by atoms with van der Waals surface area (Å²) in [6, 6.07) is 21.2. The standard InChI is InChI=1S/C25H29N3O2/c1-3-14-28(15-4-2)25(30)21-10-7-11-22(17-21)26-18-24(29)27-23-13-12-19-8-5-6-9-20(19)16-23/h5-13,16-17,26H,3-4,14-15,18H2,1-2H3,(H,27,29). The van der Waals surface area contributed by atoms with Gasteiger partial charge in [0, 0.05) is 30.0 Å². The maximum absolute atomic E-state index is 12.8. The molecule has 5 heteroatoms. The molecule has 0 aliphatic carbocycles. The highest BCUT2D eigenvalue weighted by molar-refractivity contribution is 5.97. The topological polar surface area (TPSA) is 61.4 Å². The van der Waals surface area contributed by atoms with Crippen LogP contribution in [0.5, 0.6) is 0 Å². The fourth-order valence-corrected chi connectivity index (χ4v) is 3.45. The van der Waals surface area contributed by atoms with Crippen molar-refractivity contribution in [3.8, 4) is 0 Å². The molecule has 156 valence electrons. The second-order valence-electron chi connectivity index (χ2n) is 7.34. The van der Waals surface area contributed by atoms with Gasteiger partial charge in [-0.1, -0.05) is 50.2 Å². The van der Waals surface area contributed by atoms with Gasteiger partial charge in [0.25, 0.3) is 5.91 Å². The molecule has 0 unspecified atom stereocenters. The van der Waals surface area contributed by atoms with Crippen LogP contribution >= 0.6 is 0 Å². The van der Waals surface area contributed by atoms with Crippen molar-refractivity contribution < 1.29 is 9.59 Å². The van der Waals surface area contributed by atoms with Crippen LogP contribution in [0.1, 0.15) is 37.0 Å². The zero-order chi connectivity index (χ0) is 21.3. The molecule has 30 heavy (non-hydrogen) atoms. The summed E-state index contributed by atoms with van der Waals surface area (Å²) in [7, 11) is 0. The van der Waals surface area contributed by atoms with Crippen molar-refractivity contribution in [2.45, 2.75) is 26.7 Å². The summed E-state index contributed by atoms with van der Waals surface area (Å²) >= 11 is 0. The van der Waals surface area contributed by atoms with Gasteiger partial charge in [0.15, 0.2) is 0 Å². The highest BCUT2D eigenvalue weighted by atomic mass is 16.2. The normalized spacial score (nSPS) is 10.6. The van der Waals surface area contributed by atoms with Gasteiger partial charge in [-0.2, -0.15) is 0 Å². The molecule has 0 saturated carbocycles. The molecule has 3 aromatic carbocycles. The number of carbonyl (C=O) groups is 2. The zero-order valence-electron chi connectivity index (χ0n) is 17.7. The fraction of sp³-hybridized carbons (Fsp3) is 0.280. The fourth-order valence-electron chi connectivity index (χ4n) is 3.45. The van der Waals surface area contributed by atoms with Gasteiger partial charge in [0.05, 0.1) is 6.54 Å². The Kier molecular flexibility index (Phi) is 7.44. The molecule has 3 rings (SSSR count). The first kappa shape index (κ1) is 21.4. The van der Waals surface area contributed by atoms with Crippen LogP contribution in [0, 0.1) is 0 Å². The quantitative estimate of drug-likeness (QED) is 0.519. The van der Waals surface area contributed by atoms with Crippen LogP contribution in [-0.4, -0.2) is 36.3 Å². The summed E-state index contributed by atoms with van der Waals surface area (Å²) in [5.41, 5.74) is 2.15. The number of anilines is 2. The number of amides is 2. The van der Waals surface area contributed by atoms with E-state index >= 15 is 0 Å². The second-order valence-corrected chi connectivity index (χ2v) is 7.34. The van der Waals surface area contributed by atoms with Crippen molar-refractivity contribution in [3.05, 3.63) is 72.3 Å². The maximum Gasteiger partial charge on any atom is 0.253 e. The average molecular weight is 404 g/mol. The molecule has 5 nitrogen and oxygen atoms in total. The van der Waals surface area contributed by atoms with E-state index in [4.69, 9.17) is 0 Å². The van der Waals surface area contributed by atoms with Crippen molar-refractivity contribution in [2.24, 2.45) is 0 Å². The SMILES string of the molecule is CCCN(CCC)C(=O)c1cccc(NCC(=O)Nc2ccc3ccccc3c2)c1. The molecule has 2 amide bonds. The maximum atomic E-state index is 12.8. The van der Waals surface area contributed by atoms with Crippen LogP contribution in [0.3, 0.4) is 0 Å². The number of benzene rings is 3. The minimum Gasteiger partial charge on any atom is -0.376 e. The zero-order valence-corrected chi connectivity index (χ0v) is 17.7. The average Bonchev–Trinajstić information content (AvgIpc) is 2.77. The van der Waals surface area contributed by atoms with Gasteiger partial charge < -0.3 is 15.5 Å². The molecule has 0 fully saturated rings. The van der Waals surface area contributed by atoms with Crippen molar-refractivity contribution in [3.63, 3.8) is 0 Å². The smallest absolute Gasteiger partial charge is 0.253 e. The molecule has 0 bridgehead atoms. The van der Waals surface area contributed by atoms with E-state index in [1.165, 1.54) is 0 Å². The third-order valence-corrected chi connectivity index (χ3v) is 4.87. The molecule has 3 aromatic rings. The van der Waals surface area contributed by atoms with Crippen LogP contribution < -0.4 is 10.6 Å². The third-order valence-electron chi connectivity index (χ3n) is 4.87. The van der Waals surface area contributed by atoms with Crippen molar-refractivity contribution >= 4 is 34.0 Å². The largest absolute Gasteiger partial charge is 0.376 e. The van der Waals surface area contributed by atoms with E-state index in [9.17, 15) is 9.59 Å². The minimum atomic E-state index is -0.138. The predicted octanol–water partition coefficient (Wildman–Crippen LogP) is 5.15. The summed E-state index contributed by atoms with van der Waals surface area (Å²) in [6.07, 6.45) is 1.86.